The Morgan fingerprint density at radius 2 is 1.94 bits per heavy atom. The van der Waals surface area contributed by atoms with Crippen molar-refractivity contribution in [1.82, 2.24) is 5.32 Å². The van der Waals surface area contributed by atoms with E-state index in [1.807, 2.05) is 12.1 Å². The molecular formula is C14H23NO. The smallest absolute Gasteiger partial charge is 0.122 e. The van der Waals surface area contributed by atoms with Crippen LogP contribution in [0.15, 0.2) is 18.2 Å². The maximum Gasteiger partial charge on any atom is 0.122 e. The van der Waals surface area contributed by atoms with Gasteiger partial charge in [-0.3, -0.25) is 0 Å². The Balaban J connectivity index is 2.69. The van der Waals surface area contributed by atoms with Gasteiger partial charge < -0.3 is 10.1 Å². The van der Waals surface area contributed by atoms with Crippen LogP contribution in [-0.4, -0.2) is 18.7 Å². The van der Waals surface area contributed by atoms with Gasteiger partial charge in [-0.25, -0.2) is 0 Å². The van der Waals surface area contributed by atoms with E-state index in [0.717, 1.165) is 12.3 Å². The molecule has 2 atom stereocenters. The average molecular weight is 221 g/mol. The number of aryl methyl sites for hydroxylation is 1. The van der Waals surface area contributed by atoms with Gasteiger partial charge in [0.25, 0.3) is 0 Å². The van der Waals surface area contributed by atoms with Crippen molar-refractivity contribution in [3.8, 4) is 5.75 Å². The fourth-order valence-electron chi connectivity index (χ4n) is 1.64. The van der Waals surface area contributed by atoms with Crippen molar-refractivity contribution in [2.24, 2.45) is 0 Å². The van der Waals surface area contributed by atoms with Crippen LogP contribution in [-0.2, 0) is 0 Å². The molecule has 0 fully saturated rings. The van der Waals surface area contributed by atoms with E-state index in [0.29, 0.717) is 6.04 Å². The maximum absolute atomic E-state index is 5.98. The van der Waals surface area contributed by atoms with Crippen molar-refractivity contribution in [3.05, 3.63) is 29.3 Å². The lowest BCUT2D eigenvalue weighted by atomic mass is 10.1. The fourth-order valence-corrected chi connectivity index (χ4v) is 1.64. The van der Waals surface area contributed by atoms with E-state index in [9.17, 15) is 0 Å². The van der Waals surface area contributed by atoms with E-state index in [4.69, 9.17) is 4.74 Å². The molecule has 0 aromatic heterocycles. The quantitative estimate of drug-likeness (QED) is 0.825. The van der Waals surface area contributed by atoms with Crippen molar-refractivity contribution in [2.75, 3.05) is 6.54 Å². The molecule has 0 aliphatic rings. The Labute approximate surface area is 99.0 Å². The molecule has 2 heteroatoms. The normalized spacial score (nSPS) is 14.6. The van der Waals surface area contributed by atoms with E-state index < -0.39 is 0 Å². The number of benzene rings is 1. The third-order valence-corrected chi connectivity index (χ3v) is 3.10. The molecule has 0 heterocycles. The summed E-state index contributed by atoms with van der Waals surface area (Å²) in [7, 11) is 0. The van der Waals surface area contributed by atoms with Gasteiger partial charge in [0.05, 0.1) is 0 Å². The summed E-state index contributed by atoms with van der Waals surface area (Å²) in [5.41, 5.74) is 2.51. The molecule has 1 aromatic rings. The van der Waals surface area contributed by atoms with Crippen molar-refractivity contribution < 1.29 is 4.74 Å². The van der Waals surface area contributed by atoms with Gasteiger partial charge in [-0.2, -0.15) is 0 Å². The molecule has 0 aliphatic carbocycles. The maximum atomic E-state index is 5.98. The monoisotopic (exact) mass is 221 g/mol. The minimum Gasteiger partial charge on any atom is -0.489 e. The van der Waals surface area contributed by atoms with E-state index in [2.05, 4.69) is 46.0 Å². The molecular weight excluding hydrogens is 198 g/mol. The van der Waals surface area contributed by atoms with Crippen molar-refractivity contribution in [2.45, 2.75) is 46.8 Å². The molecule has 0 aliphatic heterocycles. The van der Waals surface area contributed by atoms with E-state index in [-0.39, 0.29) is 6.10 Å². The standard InChI is InChI=1S/C14H23NO/c1-6-15-12(4)13(5)16-14-9-7-8-10(2)11(14)3/h7-9,12-13,15H,6H2,1-5H3. The summed E-state index contributed by atoms with van der Waals surface area (Å²) < 4.78 is 5.98. The summed E-state index contributed by atoms with van der Waals surface area (Å²) in [5, 5.41) is 3.37. The number of ether oxygens (including phenoxy) is 1. The second-order valence-corrected chi connectivity index (χ2v) is 4.37. The molecule has 1 aromatic carbocycles. The minimum absolute atomic E-state index is 0.181. The Morgan fingerprint density at radius 1 is 1.25 bits per heavy atom. The van der Waals surface area contributed by atoms with E-state index in [1.165, 1.54) is 11.1 Å². The van der Waals surface area contributed by atoms with Crippen LogP contribution in [0, 0.1) is 13.8 Å². The Morgan fingerprint density at radius 3 is 2.56 bits per heavy atom. The fraction of sp³-hybridized carbons (Fsp3) is 0.571. The van der Waals surface area contributed by atoms with Crippen LogP contribution in [0.5, 0.6) is 5.75 Å². The van der Waals surface area contributed by atoms with Gasteiger partial charge in [0, 0.05) is 6.04 Å². The number of nitrogens with one attached hydrogen (secondary N) is 1. The van der Waals surface area contributed by atoms with Gasteiger partial charge >= 0.3 is 0 Å². The molecule has 0 saturated heterocycles. The van der Waals surface area contributed by atoms with Crippen LogP contribution in [0.25, 0.3) is 0 Å². The molecule has 0 bridgehead atoms. The Hall–Kier alpha value is -1.02. The summed E-state index contributed by atoms with van der Waals surface area (Å²) in [6, 6.07) is 6.56. The topological polar surface area (TPSA) is 21.3 Å². The lowest BCUT2D eigenvalue weighted by molar-refractivity contribution is 0.178. The first-order valence-electron chi connectivity index (χ1n) is 6.02. The largest absolute Gasteiger partial charge is 0.489 e. The molecule has 2 nitrogen and oxygen atoms in total. The van der Waals surface area contributed by atoms with Gasteiger partial charge in [-0.1, -0.05) is 19.1 Å². The van der Waals surface area contributed by atoms with Crippen LogP contribution in [0.2, 0.25) is 0 Å². The molecule has 0 radical (unpaired) electrons. The summed E-state index contributed by atoms with van der Waals surface area (Å²) in [5.74, 6) is 0.997. The molecule has 90 valence electrons. The van der Waals surface area contributed by atoms with Crippen LogP contribution < -0.4 is 10.1 Å². The van der Waals surface area contributed by atoms with E-state index in [1.54, 1.807) is 0 Å². The summed E-state index contributed by atoms with van der Waals surface area (Å²) in [6.45, 7) is 11.6. The van der Waals surface area contributed by atoms with Crippen LogP contribution in [0.4, 0.5) is 0 Å². The van der Waals surface area contributed by atoms with Crippen molar-refractivity contribution in [1.29, 1.82) is 0 Å². The highest BCUT2D eigenvalue weighted by Crippen LogP contribution is 2.22. The highest BCUT2D eigenvalue weighted by molar-refractivity contribution is 5.38. The highest BCUT2D eigenvalue weighted by atomic mass is 16.5. The number of likely N-dealkylation sites (N-methyl/N-ethyl adjacent to an activating group) is 1. The predicted octanol–water partition coefficient (Wildman–Crippen LogP) is 3.07. The van der Waals surface area contributed by atoms with Gasteiger partial charge in [-0.15, -0.1) is 0 Å². The molecule has 0 amide bonds. The highest BCUT2D eigenvalue weighted by Gasteiger charge is 2.13. The first-order chi connectivity index (χ1) is 7.56. The van der Waals surface area contributed by atoms with E-state index >= 15 is 0 Å². The number of rotatable bonds is 5. The van der Waals surface area contributed by atoms with Gasteiger partial charge in [0.1, 0.15) is 11.9 Å². The second-order valence-electron chi connectivity index (χ2n) is 4.37. The number of hydrogen-bond donors (Lipinski definition) is 1. The molecule has 0 spiro atoms. The van der Waals surface area contributed by atoms with Crippen LogP contribution in [0.3, 0.4) is 0 Å². The number of hydrogen-bond acceptors (Lipinski definition) is 2. The zero-order chi connectivity index (χ0) is 12.1. The summed E-state index contributed by atoms with van der Waals surface area (Å²) in [6.07, 6.45) is 0.181. The molecule has 1 rings (SSSR count). The minimum atomic E-state index is 0.181. The molecule has 16 heavy (non-hydrogen) atoms. The first-order valence-corrected chi connectivity index (χ1v) is 6.02. The zero-order valence-electron chi connectivity index (χ0n) is 11.0. The van der Waals surface area contributed by atoms with Crippen molar-refractivity contribution >= 4 is 0 Å². The Kier molecular flexibility index (Phi) is 4.81. The molecule has 2 unspecified atom stereocenters. The van der Waals surface area contributed by atoms with Gasteiger partial charge in [0.15, 0.2) is 0 Å². The lowest BCUT2D eigenvalue weighted by Crippen LogP contribution is -2.38. The predicted molar refractivity (Wildman–Crippen MR) is 69.1 cm³/mol. The molecule has 0 saturated carbocycles. The van der Waals surface area contributed by atoms with Crippen LogP contribution in [0.1, 0.15) is 31.9 Å². The van der Waals surface area contributed by atoms with Crippen LogP contribution >= 0.6 is 0 Å². The lowest BCUT2D eigenvalue weighted by Gasteiger charge is -2.23. The molecule has 1 N–H and O–H groups in total. The summed E-state index contributed by atoms with van der Waals surface area (Å²) >= 11 is 0. The SMILES string of the molecule is CCNC(C)C(C)Oc1cccc(C)c1C. The third-order valence-electron chi connectivity index (χ3n) is 3.10. The second kappa shape index (κ2) is 5.90. The van der Waals surface area contributed by atoms with Crippen molar-refractivity contribution in [3.63, 3.8) is 0 Å². The summed E-state index contributed by atoms with van der Waals surface area (Å²) in [4.78, 5) is 0. The van der Waals surface area contributed by atoms with Gasteiger partial charge in [0.2, 0.25) is 0 Å². The zero-order valence-corrected chi connectivity index (χ0v) is 11.0. The average Bonchev–Trinajstić information content (AvgIpc) is 2.25. The van der Waals surface area contributed by atoms with Gasteiger partial charge in [-0.05, 0) is 51.4 Å². The first kappa shape index (κ1) is 13.0. The Bertz CT molecular complexity index is 336. The third kappa shape index (κ3) is 3.24.